The van der Waals surface area contributed by atoms with Gasteiger partial charge in [0.1, 0.15) is 0 Å². The van der Waals surface area contributed by atoms with E-state index in [0.717, 1.165) is 51.3 Å². The maximum atomic E-state index is 6.23. The van der Waals surface area contributed by atoms with Crippen LogP contribution in [0.5, 0.6) is 0 Å². The Balaban J connectivity index is 2.06. The highest BCUT2D eigenvalue weighted by atomic mass is 16.5. The first-order chi connectivity index (χ1) is 9.66. The van der Waals surface area contributed by atoms with Gasteiger partial charge in [-0.2, -0.15) is 0 Å². The standard InChI is InChI=1S/C16H32N2O2/c1-13(14-4-5-14)18(10-11-19-2)16(12-17)8-6-15(20-3)7-9-16/h13-15H,4-12,17H2,1-3H3. The van der Waals surface area contributed by atoms with Gasteiger partial charge in [-0.15, -0.1) is 0 Å². The minimum Gasteiger partial charge on any atom is -0.383 e. The van der Waals surface area contributed by atoms with Gasteiger partial charge in [-0.25, -0.2) is 0 Å². The van der Waals surface area contributed by atoms with Gasteiger partial charge in [-0.3, -0.25) is 4.90 Å². The Morgan fingerprint density at radius 1 is 1.20 bits per heavy atom. The molecule has 2 fully saturated rings. The summed E-state index contributed by atoms with van der Waals surface area (Å²) in [6, 6.07) is 0.632. The van der Waals surface area contributed by atoms with Crippen LogP contribution in [-0.4, -0.2) is 56.5 Å². The molecular formula is C16H32N2O2. The molecule has 0 bridgehead atoms. The molecule has 4 heteroatoms. The molecule has 118 valence electrons. The lowest BCUT2D eigenvalue weighted by atomic mass is 9.78. The van der Waals surface area contributed by atoms with Gasteiger partial charge in [0, 0.05) is 38.9 Å². The van der Waals surface area contributed by atoms with Crippen LogP contribution in [0, 0.1) is 5.92 Å². The third-order valence-corrected chi connectivity index (χ3v) is 5.52. The van der Waals surface area contributed by atoms with Crippen molar-refractivity contribution in [2.75, 3.05) is 33.9 Å². The van der Waals surface area contributed by atoms with Gasteiger partial charge in [0.25, 0.3) is 0 Å². The molecule has 0 heterocycles. The molecule has 2 aliphatic carbocycles. The van der Waals surface area contributed by atoms with Gasteiger partial charge in [-0.05, 0) is 51.4 Å². The van der Waals surface area contributed by atoms with Crippen LogP contribution in [0.3, 0.4) is 0 Å². The predicted molar refractivity (Wildman–Crippen MR) is 81.8 cm³/mol. The average molecular weight is 284 g/mol. The minimum absolute atomic E-state index is 0.162. The highest BCUT2D eigenvalue weighted by molar-refractivity contribution is 5.00. The first kappa shape index (κ1) is 16.2. The van der Waals surface area contributed by atoms with E-state index >= 15 is 0 Å². The van der Waals surface area contributed by atoms with E-state index in [1.807, 2.05) is 7.11 Å². The highest BCUT2D eigenvalue weighted by Crippen LogP contribution is 2.41. The van der Waals surface area contributed by atoms with Gasteiger partial charge in [0.15, 0.2) is 0 Å². The van der Waals surface area contributed by atoms with Crippen LogP contribution in [0.15, 0.2) is 0 Å². The third-order valence-electron chi connectivity index (χ3n) is 5.52. The van der Waals surface area contributed by atoms with Gasteiger partial charge in [0.2, 0.25) is 0 Å². The molecule has 0 saturated heterocycles. The first-order valence-electron chi connectivity index (χ1n) is 8.15. The summed E-state index contributed by atoms with van der Waals surface area (Å²) in [6.07, 6.45) is 7.77. The van der Waals surface area contributed by atoms with Crippen LogP contribution >= 0.6 is 0 Å². The Morgan fingerprint density at radius 3 is 2.30 bits per heavy atom. The van der Waals surface area contributed by atoms with E-state index in [9.17, 15) is 0 Å². The third kappa shape index (κ3) is 3.53. The Kier molecular flexibility index (Phi) is 5.84. The zero-order chi connectivity index (χ0) is 14.6. The zero-order valence-corrected chi connectivity index (χ0v) is 13.4. The second-order valence-electron chi connectivity index (χ2n) is 6.63. The van der Waals surface area contributed by atoms with Gasteiger partial charge in [0.05, 0.1) is 12.7 Å². The van der Waals surface area contributed by atoms with Gasteiger partial charge >= 0.3 is 0 Å². The van der Waals surface area contributed by atoms with Gasteiger partial charge in [-0.1, -0.05) is 0 Å². The van der Waals surface area contributed by atoms with E-state index in [1.165, 1.54) is 12.8 Å². The summed E-state index contributed by atoms with van der Waals surface area (Å²) in [5, 5.41) is 0. The number of hydrogen-bond donors (Lipinski definition) is 1. The van der Waals surface area contributed by atoms with Gasteiger partial charge < -0.3 is 15.2 Å². The fourth-order valence-corrected chi connectivity index (χ4v) is 3.87. The van der Waals surface area contributed by atoms with Crippen LogP contribution in [0.1, 0.15) is 45.4 Å². The molecule has 2 saturated carbocycles. The van der Waals surface area contributed by atoms with Crippen molar-refractivity contribution in [3.8, 4) is 0 Å². The Hall–Kier alpha value is -0.160. The lowest BCUT2D eigenvalue weighted by Crippen LogP contribution is -2.60. The number of nitrogens with zero attached hydrogens (tertiary/aromatic N) is 1. The summed E-state index contributed by atoms with van der Waals surface area (Å²) in [5.41, 5.74) is 6.40. The monoisotopic (exact) mass is 284 g/mol. The first-order valence-corrected chi connectivity index (χ1v) is 8.15. The molecule has 1 atom stereocenters. The lowest BCUT2D eigenvalue weighted by molar-refractivity contribution is -0.0363. The molecule has 4 nitrogen and oxygen atoms in total. The summed E-state index contributed by atoms with van der Waals surface area (Å²) in [7, 11) is 3.62. The average Bonchev–Trinajstić information content (AvgIpc) is 3.32. The van der Waals surface area contributed by atoms with Crippen molar-refractivity contribution in [2.45, 2.75) is 63.1 Å². The van der Waals surface area contributed by atoms with Crippen molar-refractivity contribution in [3.05, 3.63) is 0 Å². The van der Waals surface area contributed by atoms with Crippen LogP contribution in [-0.2, 0) is 9.47 Å². The molecule has 1 unspecified atom stereocenters. The number of rotatable bonds is 8. The summed E-state index contributed by atoms with van der Waals surface area (Å²) < 4.78 is 10.9. The van der Waals surface area contributed by atoms with Crippen LogP contribution < -0.4 is 5.73 Å². The molecule has 2 rings (SSSR count). The summed E-state index contributed by atoms with van der Waals surface area (Å²) in [6.45, 7) is 4.94. The largest absolute Gasteiger partial charge is 0.383 e. The van der Waals surface area contributed by atoms with Crippen molar-refractivity contribution >= 4 is 0 Å². The quantitative estimate of drug-likeness (QED) is 0.741. The highest BCUT2D eigenvalue weighted by Gasteiger charge is 2.44. The fourth-order valence-electron chi connectivity index (χ4n) is 3.87. The number of methoxy groups -OCH3 is 2. The molecule has 2 aliphatic rings. The van der Waals surface area contributed by atoms with E-state index in [-0.39, 0.29) is 5.54 Å². The molecule has 0 aromatic carbocycles. The van der Waals surface area contributed by atoms with Crippen molar-refractivity contribution < 1.29 is 9.47 Å². The van der Waals surface area contributed by atoms with Crippen LogP contribution in [0.2, 0.25) is 0 Å². The molecule has 0 amide bonds. The summed E-state index contributed by atoms with van der Waals surface area (Å²) >= 11 is 0. The topological polar surface area (TPSA) is 47.7 Å². The lowest BCUT2D eigenvalue weighted by Gasteiger charge is -2.50. The fraction of sp³-hybridized carbons (Fsp3) is 1.00. The summed E-state index contributed by atoms with van der Waals surface area (Å²) in [5.74, 6) is 0.871. The van der Waals surface area contributed by atoms with E-state index in [0.29, 0.717) is 12.1 Å². The second-order valence-corrected chi connectivity index (χ2v) is 6.63. The molecular weight excluding hydrogens is 252 g/mol. The van der Waals surface area contributed by atoms with Crippen molar-refractivity contribution in [2.24, 2.45) is 11.7 Å². The van der Waals surface area contributed by atoms with Crippen molar-refractivity contribution in [1.29, 1.82) is 0 Å². The zero-order valence-electron chi connectivity index (χ0n) is 13.4. The van der Waals surface area contributed by atoms with Crippen LogP contribution in [0.25, 0.3) is 0 Å². The summed E-state index contributed by atoms with van der Waals surface area (Å²) in [4.78, 5) is 2.67. The molecule has 0 aliphatic heterocycles. The Morgan fingerprint density at radius 2 is 1.85 bits per heavy atom. The molecule has 0 spiro atoms. The number of ether oxygens (including phenoxy) is 2. The Labute approximate surface area is 124 Å². The van der Waals surface area contributed by atoms with E-state index in [4.69, 9.17) is 15.2 Å². The Bertz CT molecular complexity index is 286. The van der Waals surface area contributed by atoms with Crippen molar-refractivity contribution in [1.82, 2.24) is 4.90 Å². The minimum atomic E-state index is 0.162. The van der Waals surface area contributed by atoms with Crippen molar-refractivity contribution in [3.63, 3.8) is 0 Å². The SMILES string of the molecule is COCCN(C(C)C1CC1)C1(CN)CCC(OC)CC1. The predicted octanol–water partition coefficient (Wildman–Crippen LogP) is 2.02. The van der Waals surface area contributed by atoms with E-state index in [2.05, 4.69) is 11.8 Å². The maximum absolute atomic E-state index is 6.23. The smallest absolute Gasteiger partial charge is 0.0590 e. The molecule has 0 radical (unpaired) electrons. The normalized spacial score (nSPS) is 32.5. The molecule has 2 N–H and O–H groups in total. The number of nitrogens with two attached hydrogens (primary N) is 1. The molecule has 0 aromatic rings. The van der Waals surface area contributed by atoms with Crippen LogP contribution in [0.4, 0.5) is 0 Å². The second kappa shape index (κ2) is 7.21. The van der Waals surface area contributed by atoms with E-state index < -0.39 is 0 Å². The van der Waals surface area contributed by atoms with E-state index in [1.54, 1.807) is 7.11 Å². The molecule has 0 aromatic heterocycles. The molecule has 20 heavy (non-hydrogen) atoms. The maximum Gasteiger partial charge on any atom is 0.0590 e. The number of hydrogen-bond acceptors (Lipinski definition) is 4.